The van der Waals surface area contributed by atoms with E-state index in [-0.39, 0.29) is 10.9 Å². The quantitative estimate of drug-likeness (QED) is 0.642. The van der Waals surface area contributed by atoms with Crippen molar-refractivity contribution in [3.63, 3.8) is 0 Å². The standard InChI is InChI=1S/C17H17Br2NO3S/c1-23-14-7-4-12(5-8-14)16-3-2-10-20(16)24(21,22)17-11-13(18)6-9-15(17)19/h4-9,11,16H,2-3,10H2,1H3/t16-/m1/s1. The molecule has 128 valence electrons. The van der Waals surface area contributed by atoms with E-state index in [9.17, 15) is 8.42 Å². The SMILES string of the molecule is COc1ccc([C@H]2CCCN2S(=O)(=O)c2cc(Br)ccc2Br)cc1. The molecule has 0 saturated carbocycles. The Morgan fingerprint density at radius 3 is 2.50 bits per heavy atom. The van der Waals surface area contributed by atoms with Crippen molar-refractivity contribution in [2.75, 3.05) is 13.7 Å². The van der Waals surface area contributed by atoms with E-state index in [0.717, 1.165) is 28.6 Å². The van der Waals surface area contributed by atoms with Crippen LogP contribution in [0.2, 0.25) is 0 Å². The highest BCUT2D eigenvalue weighted by Crippen LogP contribution is 2.39. The number of hydrogen-bond acceptors (Lipinski definition) is 3. The van der Waals surface area contributed by atoms with Gasteiger partial charge in [-0.25, -0.2) is 8.42 Å². The Morgan fingerprint density at radius 2 is 1.83 bits per heavy atom. The van der Waals surface area contributed by atoms with Gasteiger partial charge in [-0.3, -0.25) is 0 Å². The second-order valence-corrected chi connectivity index (χ2v) is 9.25. The molecule has 0 bridgehead atoms. The Morgan fingerprint density at radius 1 is 1.12 bits per heavy atom. The number of ether oxygens (including phenoxy) is 1. The van der Waals surface area contributed by atoms with E-state index in [4.69, 9.17) is 4.74 Å². The fraction of sp³-hybridized carbons (Fsp3) is 0.294. The van der Waals surface area contributed by atoms with Gasteiger partial charge in [-0.1, -0.05) is 28.1 Å². The molecule has 1 atom stereocenters. The molecule has 2 aromatic carbocycles. The second kappa shape index (κ2) is 7.15. The summed E-state index contributed by atoms with van der Waals surface area (Å²) < 4.78 is 34.4. The van der Waals surface area contributed by atoms with Crippen LogP contribution in [0.25, 0.3) is 0 Å². The van der Waals surface area contributed by atoms with Crippen molar-refractivity contribution in [3.8, 4) is 5.75 Å². The fourth-order valence-corrected chi connectivity index (χ4v) is 6.14. The zero-order chi connectivity index (χ0) is 17.3. The van der Waals surface area contributed by atoms with Gasteiger partial charge in [0.25, 0.3) is 0 Å². The number of benzene rings is 2. The molecule has 24 heavy (non-hydrogen) atoms. The average Bonchev–Trinajstić information content (AvgIpc) is 3.07. The summed E-state index contributed by atoms with van der Waals surface area (Å²) >= 11 is 6.72. The van der Waals surface area contributed by atoms with Crippen LogP contribution in [0.3, 0.4) is 0 Å². The van der Waals surface area contributed by atoms with Gasteiger partial charge in [-0.2, -0.15) is 4.31 Å². The normalized spacial score (nSPS) is 18.7. The van der Waals surface area contributed by atoms with Crippen LogP contribution in [0.4, 0.5) is 0 Å². The van der Waals surface area contributed by atoms with Crippen molar-refractivity contribution < 1.29 is 13.2 Å². The summed E-state index contributed by atoms with van der Waals surface area (Å²) in [6.45, 7) is 0.526. The van der Waals surface area contributed by atoms with Crippen LogP contribution in [0, 0.1) is 0 Å². The molecule has 1 heterocycles. The molecule has 1 fully saturated rings. The number of sulfonamides is 1. The maximum Gasteiger partial charge on any atom is 0.244 e. The van der Waals surface area contributed by atoms with Gasteiger partial charge >= 0.3 is 0 Å². The van der Waals surface area contributed by atoms with Crippen molar-refractivity contribution in [1.82, 2.24) is 4.31 Å². The molecular weight excluding hydrogens is 458 g/mol. The second-order valence-electron chi connectivity index (χ2n) is 5.62. The predicted octanol–water partition coefficient (Wildman–Crippen LogP) is 4.75. The van der Waals surface area contributed by atoms with Gasteiger partial charge in [0.05, 0.1) is 18.0 Å². The van der Waals surface area contributed by atoms with Crippen LogP contribution in [-0.4, -0.2) is 26.4 Å². The van der Waals surface area contributed by atoms with Gasteiger partial charge in [-0.05, 0) is 64.7 Å². The molecule has 0 unspecified atom stereocenters. The zero-order valence-corrected chi connectivity index (χ0v) is 17.1. The molecule has 7 heteroatoms. The topological polar surface area (TPSA) is 46.6 Å². The lowest BCUT2D eigenvalue weighted by Gasteiger charge is -2.25. The van der Waals surface area contributed by atoms with Crippen LogP contribution < -0.4 is 4.74 Å². The predicted molar refractivity (Wildman–Crippen MR) is 101 cm³/mol. The van der Waals surface area contributed by atoms with Gasteiger partial charge in [0.1, 0.15) is 5.75 Å². The highest BCUT2D eigenvalue weighted by atomic mass is 79.9. The number of hydrogen-bond donors (Lipinski definition) is 0. The van der Waals surface area contributed by atoms with E-state index in [1.165, 1.54) is 0 Å². The number of halogens is 2. The lowest BCUT2D eigenvalue weighted by molar-refractivity contribution is 0.394. The molecule has 2 aromatic rings. The van der Waals surface area contributed by atoms with Gasteiger partial charge in [0, 0.05) is 15.5 Å². The highest BCUT2D eigenvalue weighted by molar-refractivity contribution is 9.11. The first kappa shape index (κ1) is 17.9. The molecule has 0 spiro atoms. The molecule has 3 rings (SSSR count). The fourth-order valence-electron chi connectivity index (χ4n) is 2.99. The molecule has 0 radical (unpaired) electrons. The summed E-state index contributed by atoms with van der Waals surface area (Å²) in [5.41, 5.74) is 0.989. The minimum atomic E-state index is -3.58. The summed E-state index contributed by atoms with van der Waals surface area (Å²) in [7, 11) is -1.96. The smallest absolute Gasteiger partial charge is 0.244 e. The Kier molecular flexibility index (Phi) is 5.34. The van der Waals surface area contributed by atoms with E-state index < -0.39 is 10.0 Å². The van der Waals surface area contributed by atoms with E-state index in [2.05, 4.69) is 31.9 Å². The van der Waals surface area contributed by atoms with E-state index in [0.29, 0.717) is 11.0 Å². The minimum absolute atomic E-state index is 0.146. The lowest BCUT2D eigenvalue weighted by atomic mass is 10.1. The number of rotatable bonds is 4. The minimum Gasteiger partial charge on any atom is -0.497 e. The third-order valence-electron chi connectivity index (χ3n) is 4.18. The Labute approximate surface area is 159 Å². The number of methoxy groups -OCH3 is 1. The maximum atomic E-state index is 13.2. The lowest BCUT2D eigenvalue weighted by Crippen LogP contribution is -2.31. The molecule has 1 saturated heterocycles. The summed E-state index contributed by atoms with van der Waals surface area (Å²) in [5.74, 6) is 0.765. The van der Waals surface area contributed by atoms with E-state index in [1.807, 2.05) is 30.3 Å². The summed E-state index contributed by atoms with van der Waals surface area (Å²) in [4.78, 5) is 0.289. The van der Waals surface area contributed by atoms with Crippen LogP contribution in [0.1, 0.15) is 24.4 Å². The summed E-state index contributed by atoms with van der Waals surface area (Å²) in [6.07, 6.45) is 1.67. The van der Waals surface area contributed by atoms with Gasteiger partial charge in [0.15, 0.2) is 0 Å². The van der Waals surface area contributed by atoms with Crippen LogP contribution in [0.15, 0.2) is 56.3 Å². The first-order valence-corrected chi connectivity index (χ1v) is 10.6. The Hall–Kier alpha value is -0.890. The molecule has 0 N–H and O–H groups in total. The van der Waals surface area contributed by atoms with Crippen LogP contribution in [-0.2, 0) is 10.0 Å². The molecular formula is C17H17Br2NO3S. The van der Waals surface area contributed by atoms with Gasteiger partial charge < -0.3 is 4.74 Å². The Balaban J connectivity index is 1.98. The number of nitrogens with zero attached hydrogens (tertiary/aromatic N) is 1. The molecule has 0 aliphatic carbocycles. The first-order chi connectivity index (χ1) is 11.4. The molecule has 1 aliphatic heterocycles. The summed E-state index contributed by atoms with van der Waals surface area (Å²) in [6, 6.07) is 12.7. The third-order valence-corrected chi connectivity index (χ3v) is 7.58. The summed E-state index contributed by atoms with van der Waals surface area (Å²) in [5, 5.41) is 0. The van der Waals surface area contributed by atoms with Crippen LogP contribution in [0.5, 0.6) is 5.75 Å². The van der Waals surface area contributed by atoms with Crippen molar-refractivity contribution in [2.45, 2.75) is 23.8 Å². The molecule has 0 aromatic heterocycles. The third kappa shape index (κ3) is 3.40. The maximum absolute atomic E-state index is 13.2. The Bertz CT molecular complexity index is 837. The van der Waals surface area contributed by atoms with Crippen molar-refractivity contribution in [2.24, 2.45) is 0 Å². The molecule has 0 amide bonds. The van der Waals surface area contributed by atoms with Gasteiger partial charge in [0.2, 0.25) is 10.0 Å². The van der Waals surface area contributed by atoms with E-state index in [1.54, 1.807) is 23.5 Å². The largest absolute Gasteiger partial charge is 0.497 e. The van der Waals surface area contributed by atoms with Gasteiger partial charge in [-0.15, -0.1) is 0 Å². The molecule has 4 nitrogen and oxygen atoms in total. The van der Waals surface area contributed by atoms with E-state index >= 15 is 0 Å². The van der Waals surface area contributed by atoms with Crippen molar-refractivity contribution in [3.05, 3.63) is 57.0 Å². The monoisotopic (exact) mass is 473 g/mol. The zero-order valence-electron chi connectivity index (χ0n) is 13.1. The van der Waals surface area contributed by atoms with Crippen LogP contribution >= 0.6 is 31.9 Å². The molecule has 1 aliphatic rings. The van der Waals surface area contributed by atoms with Crippen molar-refractivity contribution in [1.29, 1.82) is 0 Å². The van der Waals surface area contributed by atoms with Crippen molar-refractivity contribution >= 4 is 41.9 Å². The first-order valence-electron chi connectivity index (χ1n) is 7.54. The highest BCUT2D eigenvalue weighted by Gasteiger charge is 2.37. The average molecular weight is 475 g/mol.